The molecule has 1 saturated heterocycles. The summed E-state index contributed by atoms with van der Waals surface area (Å²) in [6, 6.07) is 21.3. The highest BCUT2D eigenvalue weighted by molar-refractivity contribution is 9.10. The normalized spacial score (nSPS) is 22.9. The topological polar surface area (TPSA) is 82.9 Å². The molecule has 3 aromatic rings. The van der Waals surface area contributed by atoms with Crippen LogP contribution in [-0.2, 0) is 9.53 Å². The molecule has 3 aromatic carbocycles. The van der Waals surface area contributed by atoms with Crippen molar-refractivity contribution in [3.63, 3.8) is 0 Å². The molecule has 0 bridgehead atoms. The summed E-state index contributed by atoms with van der Waals surface area (Å²) in [6.45, 7) is 0. The van der Waals surface area contributed by atoms with Crippen LogP contribution in [0.2, 0.25) is 0 Å². The number of hydrogen-bond donors (Lipinski definition) is 0. The first-order valence-electron chi connectivity index (χ1n) is 12.5. The number of hydrogen-bond acceptors (Lipinski definition) is 7. The molecule has 2 aliphatic heterocycles. The molecule has 0 amide bonds. The van der Waals surface area contributed by atoms with Crippen LogP contribution >= 0.6 is 15.9 Å². The number of nitriles is 1. The molecule has 2 aliphatic rings. The first-order chi connectivity index (χ1) is 18.8. The number of fused-ring (bicyclic) bond motifs is 3. The van der Waals surface area contributed by atoms with E-state index in [0.717, 1.165) is 16.9 Å². The Labute approximate surface area is 236 Å². The number of ether oxygens (including phenoxy) is 2. The number of halogens is 1. The van der Waals surface area contributed by atoms with Gasteiger partial charge in [-0.1, -0.05) is 42.5 Å². The average Bonchev–Trinajstić information content (AvgIpc) is 3.28. The third-order valence-electron chi connectivity index (χ3n) is 7.73. The molecule has 0 spiro atoms. The fourth-order valence-electron chi connectivity index (χ4n) is 5.88. The SMILES string of the molecule is COC(=O)[C@]1(C#N)[C@H](c2ccc(N(C)C)cc2)[C@@H](C(=O)c2ccc(OC)c(Br)c2)N2c3ccccc3C=C[C@H]21. The largest absolute Gasteiger partial charge is 0.496 e. The van der Waals surface area contributed by atoms with E-state index in [1.807, 2.05) is 84.6 Å². The van der Waals surface area contributed by atoms with E-state index in [2.05, 4.69) is 22.0 Å². The maximum atomic E-state index is 14.5. The Morgan fingerprint density at radius 1 is 1.05 bits per heavy atom. The van der Waals surface area contributed by atoms with Gasteiger partial charge in [0.1, 0.15) is 11.8 Å². The van der Waals surface area contributed by atoms with Crippen LogP contribution in [0.15, 0.2) is 77.3 Å². The lowest BCUT2D eigenvalue weighted by Gasteiger charge is -2.36. The van der Waals surface area contributed by atoms with Crippen molar-refractivity contribution in [2.45, 2.75) is 18.0 Å². The Morgan fingerprint density at radius 2 is 1.77 bits per heavy atom. The molecule has 0 aromatic heterocycles. The van der Waals surface area contributed by atoms with E-state index in [4.69, 9.17) is 9.47 Å². The Morgan fingerprint density at radius 3 is 2.38 bits per heavy atom. The van der Waals surface area contributed by atoms with Crippen LogP contribution in [0.1, 0.15) is 27.4 Å². The van der Waals surface area contributed by atoms with Gasteiger partial charge in [-0.15, -0.1) is 0 Å². The van der Waals surface area contributed by atoms with E-state index in [-0.39, 0.29) is 5.78 Å². The maximum absolute atomic E-state index is 14.5. The van der Waals surface area contributed by atoms with Crippen LogP contribution in [0.4, 0.5) is 11.4 Å². The molecule has 1 fully saturated rings. The molecule has 39 heavy (non-hydrogen) atoms. The predicted molar refractivity (Wildman–Crippen MR) is 154 cm³/mol. The fourth-order valence-corrected chi connectivity index (χ4v) is 6.42. The Bertz CT molecular complexity index is 1510. The van der Waals surface area contributed by atoms with Crippen molar-refractivity contribution >= 4 is 45.1 Å². The van der Waals surface area contributed by atoms with E-state index in [9.17, 15) is 14.9 Å². The summed E-state index contributed by atoms with van der Waals surface area (Å²) in [5.74, 6) is -1.10. The van der Waals surface area contributed by atoms with Gasteiger partial charge in [0, 0.05) is 37.0 Å². The van der Waals surface area contributed by atoms with Gasteiger partial charge in [-0.3, -0.25) is 9.59 Å². The number of benzene rings is 3. The monoisotopic (exact) mass is 585 g/mol. The van der Waals surface area contributed by atoms with Crippen molar-refractivity contribution in [1.29, 1.82) is 5.26 Å². The molecule has 0 saturated carbocycles. The molecule has 0 unspecified atom stereocenters. The van der Waals surface area contributed by atoms with Crippen LogP contribution in [0.3, 0.4) is 0 Å². The van der Waals surface area contributed by atoms with Gasteiger partial charge in [0.25, 0.3) is 0 Å². The lowest BCUT2D eigenvalue weighted by Crippen LogP contribution is -2.46. The number of para-hydroxylation sites is 1. The number of esters is 1. The molecule has 8 heteroatoms. The molecule has 7 nitrogen and oxygen atoms in total. The van der Waals surface area contributed by atoms with Gasteiger partial charge in [-0.2, -0.15) is 5.26 Å². The quantitative estimate of drug-likeness (QED) is 0.280. The lowest BCUT2D eigenvalue weighted by atomic mass is 9.68. The molecule has 2 heterocycles. The van der Waals surface area contributed by atoms with Crippen LogP contribution < -0.4 is 14.5 Å². The van der Waals surface area contributed by atoms with E-state index < -0.39 is 29.4 Å². The molecule has 0 aliphatic carbocycles. The number of methoxy groups -OCH3 is 2. The fraction of sp³-hybridized carbons (Fsp3) is 0.258. The summed E-state index contributed by atoms with van der Waals surface area (Å²) >= 11 is 3.50. The molecular formula is C31H28BrN3O4. The second kappa shape index (κ2) is 10.2. The van der Waals surface area contributed by atoms with Gasteiger partial charge in [0.2, 0.25) is 0 Å². The average molecular weight is 586 g/mol. The van der Waals surface area contributed by atoms with Crippen LogP contribution in [0, 0.1) is 16.7 Å². The predicted octanol–water partition coefficient (Wildman–Crippen LogP) is 5.46. The molecular weight excluding hydrogens is 558 g/mol. The van der Waals surface area contributed by atoms with Gasteiger partial charge < -0.3 is 19.3 Å². The summed E-state index contributed by atoms with van der Waals surface area (Å²) in [5, 5.41) is 10.8. The van der Waals surface area contributed by atoms with Crippen molar-refractivity contribution in [2.75, 3.05) is 38.1 Å². The van der Waals surface area contributed by atoms with Gasteiger partial charge in [-0.05, 0) is 63.5 Å². The zero-order valence-electron chi connectivity index (χ0n) is 22.1. The maximum Gasteiger partial charge on any atom is 0.329 e. The Kier molecular flexibility index (Phi) is 6.96. The highest BCUT2D eigenvalue weighted by Crippen LogP contribution is 2.56. The lowest BCUT2D eigenvalue weighted by molar-refractivity contribution is -0.150. The first kappa shape index (κ1) is 26.5. The van der Waals surface area contributed by atoms with Gasteiger partial charge in [0.15, 0.2) is 11.2 Å². The second-order valence-electron chi connectivity index (χ2n) is 9.86. The summed E-state index contributed by atoms with van der Waals surface area (Å²) in [6.07, 6.45) is 3.76. The molecule has 0 N–H and O–H groups in total. The van der Waals surface area contributed by atoms with Crippen molar-refractivity contribution < 1.29 is 19.1 Å². The number of Topliss-reactive ketones (excluding diaryl/α,β-unsaturated/α-hetero) is 1. The van der Waals surface area contributed by atoms with Crippen LogP contribution in [-0.4, -0.2) is 52.2 Å². The zero-order chi connectivity index (χ0) is 27.9. The number of carbonyl (C=O) groups is 2. The summed E-state index contributed by atoms with van der Waals surface area (Å²) in [7, 11) is 6.72. The number of nitrogens with zero attached hydrogens (tertiary/aromatic N) is 3. The number of ketones is 1. The molecule has 5 rings (SSSR count). The van der Waals surface area contributed by atoms with Crippen molar-refractivity contribution in [1.82, 2.24) is 0 Å². The Balaban J connectivity index is 1.78. The highest BCUT2D eigenvalue weighted by atomic mass is 79.9. The number of rotatable bonds is 6. The zero-order valence-corrected chi connectivity index (χ0v) is 23.7. The molecule has 0 radical (unpaired) electrons. The smallest absolute Gasteiger partial charge is 0.329 e. The van der Waals surface area contributed by atoms with Gasteiger partial charge in [0.05, 0.1) is 30.8 Å². The van der Waals surface area contributed by atoms with E-state index >= 15 is 0 Å². The summed E-state index contributed by atoms with van der Waals surface area (Å²) in [4.78, 5) is 32.1. The van der Waals surface area contributed by atoms with Crippen molar-refractivity contribution in [3.8, 4) is 11.8 Å². The second-order valence-corrected chi connectivity index (χ2v) is 10.7. The highest BCUT2D eigenvalue weighted by Gasteiger charge is 2.67. The summed E-state index contributed by atoms with van der Waals surface area (Å²) < 4.78 is 11.3. The summed E-state index contributed by atoms with van der Waals surface area (Å²) in [5.41, 5.74) is 2.12. The third-order valence-corrected chi connectivity index (χ3v) is 8.35. The van der Waals surface area contributed by atoms with Crippen LogP contribution in [0.5, 0.6) is 5.75 Å². The van der Waals surface area contributed by atoms with E-state index in [0.29, 0.717) is 21.3 Å². The van der Waals surface area contributed by atoms with Crippen LogP contribution in [0.25, 0.3) is 6.08 Å². The minimum absolute atomic E-state index is 0.212. The minimum Gasteiger partial charge on any atom is -0.496 e. The van der Waals surface area contributed by atoms with Crippen molar-refractivity contribution in [2.24, 2.45) is 5.41 Å². The minimum atomic E-state index is -1.68. The number of carbonyl (C=O) groups excluding carboxylic acids is 2. The van der Waals surface area contributed by atoms with Gasteiger partial charge in [-0.25, -0.2) is 0 Å². The molecule has 198 valence electrons. The first-order valence-corrected chi connectivity index (χ1v) is 13.3. The third kappa shape index (κ3) is 4.09. The number of anilines is 2. The van der Waals surface area contributed by atoms with Crippen molar-refractivity contribution in [3.05, 3.63) is 94.0 Å². The van der Waals surface area contributed by atoms with Gasteiger partial charge >= 0.3 is 5.97 Å². The Hall–Kier alpha value is -4.09. The molecule has 4 atom stereocenters. The van der Waals surface area contributed by atoms with E-state index in [1.54, 1.807) is 25.3 Å². The van der Waals surface area contributed by atoms with E-state index in [1.165, 1.54) is 7.11 Å². The standard InChI is InChI=1S/C31H28BrN3O4/c1-34(2)22-13-9-20(10-14-22)27-28(29(36)21-11-15-25(38-3)23(32)17-21)35-24-8-6-5-7-19(24)12-16-26(35)31(27,18-33)30(37)39-4/h5-17,26-28H,1-4H3/t26-,27+,28-,31-/m0/s1.